The largest absolute Gasteiger partial charge is 0.343 e. The molecule has 0 bridgehead atoms. The topological polar surface area (TPSA) is 32.9 Å². The van der Waals surface area contributed by atoms with E-state index in [1.807, 2.05) is 48.7 Å². The molecular weight excluding hydrogens is 226 g/mol. The van der Waals surface area contributed by atoms with Gasteiger partial charge in [0.2, 0.25) is 0 Å². The molecule has 2 rings (SSSR count). The van der Waals surface area contributed by atoms with Crippen LogP contribution in [0.3, 0.4) is 0 Å². The van der Waals surface area contributed by atoms with Crippen LogP contribution in [-0.2, 0) is 10.8 Å². The molecule has 0 radical (unpaired) electrons. The van der Waals surface area contributed by atoms with Gasteiger partial charge in [0.15, 0.2) is 0 Å². The first kappa shape index (κ1) is 10.5. The third kappa shape index (κ3) is 2.33. The van der Waals surface area contributed by atoms with E-state index in [4.69, 9.17) is 0 Å². The SMILES string of the molecule is CSc1ccc(S(=O)c2ccccc2)[nH]1. The molecule has 2 nitrogen and oxygen atoms in total. The quantitative estimate of drug-likeness (QED) is 0.833. The van der Waals surface area contributed by atoms with Crippen molar-refractivity contribution >= 4 is 22.6 Å². The van der Waals surface area contributed by atoms with E-state index in [1.54, 1.807) is 11.8 Å². The molecular formula is C11H11NOS2. The van der Waals surface area contributed by atoms with Crippen LogP contribution in [0.5, 0.6) is 0 Å². The molecule has 0 saturated carbocycles. The molecule has 0 saturated heterocycles. The molecule has 0 fully saturated rings. The monoisotopic (exact) mass is 237 g/mol. The van der Waals surface area contributed by atoms with Crippen LogP contribution in [0.4, 0.5) is 0 Å². The fraction of sp³-hybridized carbons (Fsp3) is 0.0909. The van der Waals surface area contributed by atoms with Crippen LogP contribution in [-0.4, -0.2) is 15.4 Å². The molecule has 1 atom stereocenters. The van der Waals surface area contributed by atoms with Gasteiger partial charge in [-0.25, -0.2) is 4.21 Å². The van der Waals surface area contributed by atoms with E-state index < -0.39 is 10.8 Å². The predicted molar refractivity (Wildman–Crippen MR) is 63.7 cm³/mol. The van der Waals surface area contributed by atoms with Crippen molar-refractivity contribution < 1.29 is 4.21 Å². The summed E-state index contributed by atoms with van der Waals surface area (Å²) in [4.78, 5) is 3.95. The molecule has 1 heterocycles. The average Bonchev–Trinajstić information content (AvgIpc) is 2.78. The zero-order valence-electron chi connectivity index (χ0n) is 8.27. The zero-order valence-corrected chi connectivity index (χ0v) is 9.90. The van der Waals surface area contributed by atoms with Crippen LogP contribution in [0, 0.1) is 0 Å². The number of thioether (sulfide) groups is 1. The van der Waals surface area contributed by atoms with Gasteiger partial charge >= 0.3 is 0 Å². The van der Waals surface area contributed by atoms with Gasteiger partial charge in [-0.15, -0.1) is 11.8 Å². The van der Waals surface area contributed by atoms with E-state index in [9.17, 15) is 4.21 Å². The lowest BCUT2D eigenvalue weighted by Crippen LogP contribution is -1.92. The highest BCUT2D eigenvalue weighted by atomic mass is 32.2. The number of aromatic amines is 1. The minimum atomic E-state index is -1.10. The lowest BCUT2D eigenvalue weighted by atomic mass is 10.4. The molecule has 0 spiro atoms. The Morgan fingerprint density at radius 3 is 2.47 bits per heavy atom. The molecule has 2 aromatic rings. The van der Waals surface area contributed by atoms with Crippen LogP contribution < -0.4 is 0 Å². The van der Waals surface area contributed by atoms with Crippen molar-refractivity contribution in [3.63, 3.8) is 0 Å². The highest BCUT2D eigenvalue weighted by Gasteiger charge is 2.08. The number of benzene rings is 1. The van der Waals surface area contributed by atoms with E-state index in [-0.39, 0.29) is 0 Å². The second-order valence-electron chi connectivity index (χ2n) is 2.97. The summed E-state index contributed by atoms with van der Waals surface area (Å²) in [6.07, 6.45) is 1.99. The summed E-state index contributed by atoms with van der Waals surface area (Å²) in [5.41, 5.74) is 0. The number of nitrogens with one attached hydrogen (secondary N) is 1. The molecule has 0 aliphatic carbocycles. The van der Waals surface area contributed by atoms with Gasteiger partial charge in [-0.2, -0.15) is 0 Å². The number of rotatable bonds is 3. The molecule has 0 amide bonds. The first-order valence-corrected chi connectivity index (χ1v) is 6.88. The standard InChI is InChI=1S/C11H11NOS2/c1-14-10-7-8-11(12-10)15(13)9-5-3-2-4-6-9/h2-8,12H,1H3. The maximum Gasteiger partial charge on any atom is 0.109 e. The fourth-order valence-corrected chi connectivity index (χ4v) is 2.79. The van der Waals surface area contributed by atoms with Crippen molar-refractivity contribution in [3.05, 3.63) is 42.5 Å². The Morgan fingerprint density at radius 1 is 1.13 bits per heavy atom. The molecule has 1 N–H and O–H groups in total. The zero-order chi connectivity index (χ0) is 10.7. The summed E-state index contributed by atoms with van der Waals surface area (Å²) in [6, 6.07) is 13.3. The third-order valence-electron chi connectivity index (χ3n) is 2.01. The highest BCUT2D eigenvalue weighted by molar-refractivity contribution is 7.98. The van der Waals surface area contributed by atoms with Gasteiger partial charge in [-0.3, -0.25) is 0 Å². The number of aromatic nitrogens is 1. The van der Waals surface area contributed by atoms with Gasteiger partial charge in [0, 0.05) is 4.90 Å². The van der Waals surface area contributed by atoms with Crippen LogP contribution >= 0.6 is 11.8 Å². The van der Waals surface area contributed by atoms with Gasteiger partial charge in [0.05, 0.1) is 5.03 Å². The third-order valence-corrected chi connectivity index (χ3v) is 4.03. The highest BCUT2D eigenvalue weighted by Crippen LogP contribution is 2.19. The van der Waals surface area contributed by atoms with Crippen molar-refractivity contribution in [2.75, 3.05) is 6.26 Å². The smallest absolute Gasteiger partial charge is 0.109 e. The molecule has 15 heavy (non-hydrogen) atoms. The van der Waals surface area contributed by atoms with E-state index in [2.05, 4.69) is 4.98 Å². The van der Waals surface area contributed by atoms with Crippen LogP contribution in [0.2, 0.25) is 0 Å². The Kier molecular flexibility index (Phi) is 3.28. The second kappa shape index (κ2) is 4.68. The molecule has 0 aliphatic heterocycles. The van der Waals surface area contributed by atoms with Crippen molar-refractivity contribution in [2.24, 2.45) is 0 Å². The maximum absolute atomic E-state index is 12.0. The Hall–Kier alpha value is -1.00. The van der Waals surface area contributed by atoms with Crippen molar-refractivity contribution in [3.8, 4) is 0 Å². The number of H-pyrrole nitrogens is 1. The minimum absolute atomic E-state index is 0.755. The first-order valence-electron chi connectivity index (χ1n) is 4.51. The summed E-state index contributed by atoms with van der Waals surface area (Å²) >= 11 is 1.61. The Bertz CT molecular complexity index is 464. The molecule has 0 aliphatic rings. The summed E-state index contributed by atoms with van der Waals surface area (Å²) in [5, 5.41) is 1.79. The fourth-order valence-electron chi connectivity index (χ4n) is 1.25. The Morgan fingerprint density at radius 2 is 1.87 bits per heavy atom. The summed E-state index contributed by atoms with van der Waals surface area (Å²) in [5.74, 6) is 0. The number of hydrogen-bond donors (Lipinski definition) is 1. The summed E-state index contributed by atoms with van der Waals surface area (Å²) in [7, 11) is -1.10. The van der Waals surface area contributed by atoms with Gasteiger partial charge in [0.25, 0.3) is 0 Å². The molecule has 1 unspecified atom stereocenters. The lowest BCUT2D eigenvalue weighted by Gasteiger charge is -1.98. The Balaban J connectivity index is 2.29. The average molecular weight is 237 g/mol. The van der Waals surface area contributed by atoms with Crippen LogP contribution in [0.1, 0.15) is 0 Å². The first-order chi connectivity index (χ1) is 7.31. The van der Waals surface area contributed by atoms with E-state index in [0.29, 0.717) is 0 Å². The molecule has 78 valence electrons. The van der Waals surface area contributed by atoms with Gasteiger partial charge < -0.3 is 4.98 Å². The second-order valence-corrected chi connectivity index (χ2v) is 5.27. The van der Waals surface area contributed by atoms with Crippen molar-refractivity contribution in [1.29, 1.82) is 0 Å². The Labute approximate surface area is 95.6 Å². The summed E-state index contributed by atoms with van der Waals surface area (Å²) in [6.45, 7) is 0. The normalized spacial score (nSPS) is 12.6. The van der Waals surface area contributed by atoms with Crippen LogP contribution in [0.25, 0.3) is 0 Å². The van der Waals surface area contributed by atoms with Gasteiger partial charge in [0.1, 0.15) is 15.8 Å². The minimum Gasteiger partial charge on any atom is -0.343 e. The van der Waals surface area contributed by atoms with Crippen molar-refractivity contribution in [1.82, 2.24) is 4.98 Å². The summed E-state index contributed by atoms with van der Waals surface area (Å²) < 4.78 is 12.0. The predicted octanol–water partition coefficient (Wildman–Crippen LogP) is 2.90. The molecule has 1 aromatic carbocycles. The van der Waals surface area contributed by atoms with Crippen molar-refractivity contribution in [2.45, 2.75) is 14.9 Å². The van der Waals surface area contributed by atoms with E-state index in [1.165, 1.54) is 0 Å². The molecule has 1 aromatic heterocycles. The molecule has 4 heteroatoms. The van der Waals surface area contributed by atoms with Gasteiger partial charge in [-0.1, -0.05) is 18.2 Å². The van der Waals surface area contributed by atoms with E-state index in [0.717, 1.165) is 14.9 Å². The van der Waals surface area contributed by atoms with E-state index >= 15 is 0 Å². The van der Waals surface area contributed by atoms with Gasteiger partial charge in [-0.05, 0) is 30.5 Å². The van der Waals surface area contributed by atoms with Crippen LogP contribution in [0.15, 0.2) is 57.4 Å². The lowest BCUT2D eigenvalue weighted by molar-refractivity contribution is 0.680. The number of hydrogen-bond acceptors (Lipinski definition) is 2. The maximum atomic E-state index is 12.0.